The molecule has 68 valence electrons. The molecule has 1 atom stereocenters. The molecule has 12 heavy (non-hydrogen) atoms. The molecular weight excluding hydrogens is 174 g/mol. The summed E-state index contributed by atoms with van der Waals surface area (Å²) in [6.07, 6.45) is 4.24. The van der Waals surface area contributed by atoms with Gasteiger partial charge in [0.15, 0.2) is 0 Å². The lowest BCUT2D eigenvalue weighted by Gasteiger charge is -2.12. The van der Waals surface area contributed by atoms with Gasteiger partial charge in [-0.2, -0.15) is 11.8 Å². The van der Waals surface area contributed by atoms with E-state index < -0.39 is 0 Å². The Morgan fingerprint density at radius 3 is 3.17 bits per heavy atom. The normalized spacial score (nSPS) is 21.4. The molecule has 1 heterocycles. The van der Waals surface area contributed by atoms with Crippen LogP contribution in [0.4, 0.5) is 0 Å². The number of amides is 1. The zero-order valence-electron chi connectivity index (χ0n) is 7.08. The third-order valence-corrected chi connectivity index (χ3v) is 2.65. The number of hydrogen-bond acceptors (Lipinski definition) is 3. The van der Waals surface area contributed by atoms with E-state index in [1.807, 2.05) is 0 Å². The average molecular weight is 186 g/mol. The van der Waals surface area contributed by atoms with Crippen molar-refractivity contribution in [2.45, 2.75) is 25.9 Å². The van der Waals surface area contributed by atoms with Crippen LogP contribution in [0.5, 0.6) is 0 Å². The minimum Gasteiger partial charge on any atom is -0.577 e. The third kappa shape index (κ3) is 2.85. The Kier molecular flexibility index (Phi) is 4.14. The Morgan fingerprint density at radius 1 is 1.75 bits per heavy atom. The van der Waals surface area contributed by atoms with Gasteiger partial charge in [0.1, 0.15) is 5.91 Å². The van der Waals surface area contributed by atoms with Crippen molar-refractivity contribution in [2.75, 3.05) is 11.5 Å². The molecule has 0 aliphatic carbocycles. The summed E-state index contributed by atoms with van der Waals surface area (Å²) < 4.78 is 4.86. The largest absolute Gasteiger partial charge is 0.577 e. The molecule has 1 rings (SSSR count). The highest BCUT2D eigenvalue weighted by Gasteiger charge is 2.11. The maximum atomic E-state index is 10.9. The first-order valence-electron chi connectivity index (χ1n) is 4.07. The molecule has 1 aliphatic rings. The van der Waals surface area contributed by atoms with Gasteiger partial charge < -0.3 is 14.5 Å². The van der Waals surface area contributed by atoms with Gasteiger partial charge in [-0.05, 0) is 12.2 Å². The number of carbonyl (C=O) groups excluding carboxylic acids is 1. The van der Waals surface area contributed by atoms with E-state index >= 15 is 0 Å². The number of thioether (sulfide) groups is 1. The Hall–Kier alpha value is -0.510. The van der Waals surface area contributed by atoms with E-state index in [-0.39, 0.29) is 12.0 Å². The molecule has 0 saturated carbocycles. The molecule has 1 aliphatic heterocycles. The highest BCUT2D eigenvalue weighted by molar-refractivity contribution is 7.99. The number of hydrogen-bond donors (Lipinski definition) is 0. The van der Waals surface area contributed by atoms with Crippen LogP contribution in [0.2, 0.25) is 0 Å². The van der Waals surface area contributed by atoms with E-state index in [1.165, 1.54) is 12.8 Å². The van der Waals surface area contributed by atoms with Gasteiger partial charge in [0.2, 0.25) is 0 Å². The fourth-order valence-electron chi connectivity index (χ4n) is 0.799. The quantitative estimate of drug-likeness (QED) is 0.480. The lowest BCUT2D eigenvalue weighted by Crippen LogP contribution is -2.19. The average Bonchev–Trinajstić information content (AvgIpc) is 2.46. The van der Waals surface area contributed by atoms with Crippen molar-refractivity contribution >= 4 is 24.1 Å². The molecule has 0 radical (unpaired) electrons. The Labute approximate surface area is 76.6 Å². The lowest BCUT2D eigenvalue weighted by molar-refractivity contribution is -0.121. The van der Waals surface area contributed by atoms with Gasteiger partial charge in [-0.1, -0.05) is 13.3 Å². The van der Waals surface area contributed by atoms with Gasteiger partial charge in [-0.25, -0.2) is 0 Å². The predicted octanol–water partition coefficient (Wildman–Crippen LogP) is 1.35. The molecule has 0 aromatic heterocycles. The van der Waals surface area contributed by atoms with Gasteiger partial charge in [0.05, 0.1) is 6.10 Å². The van der Waals surface area contributed by atoms with Gasteiger partial charge in [-0.15, -0.1) is 0 Å². The summed E-state index contributed by atoms with van der Waals surface area (Å²) >= 11 is 1.73. The third-order valence-electron chi connectivity index (χ3n) is 1.54. The molecule has 1 amide bonds. The van der Waals surface area contributed by atoms with E-state index in [9.17, 15) is 4.79 Å². The number of nitrogens with zero attached hydrogens (tertiary/aromatic N) is 1. The fraction of sp³-hybridized carbons (Fsp3) is 0.750. The zero-order chi connectivity index (χ0) is 8.81. The number of ether oxygens (including phenoxy) is 1. The predicted molar refractivity (Wildman–Crippen MR) is 49.5 cm³/mol. The molecule has 1 unspecified atom stereocenters. The highest BCUT2D eigenvalue weighted by Crippen LogP contribution is 2.11. The molecule has 0 aromatic carbocycles. The summed E-state index contributed by atoms with van der Waals surface area (Å²) in [5.41, 5.74) is 0. The van der Waals surface area contributed by atoms with Crippen LogP contribution in [0.1, 0.15) is 19.8 Å². The molecule has 4 heteroatoms. The minimum absolute atomic E-state index is 0.195. The molecule has 0 saturated heterocycles. The fourth-order valence-corrected chi connectivity index (χ4v) is 1.88. The monoisotopic (exact) mass is 186 g/mol. The van der Waals surface area contributed by atoms with E-state index in [0.29, 0.717) is 5.75 Å². The number of unbranched alkanes of at least 4 members (excludes halogenated alkanes) is 1. The van der Waals surface area contributed by atoms with Crippen molar-refractivity contribution in [1.29, 1.82) is 0 Å². The van der Waals surface area contributed by atoms with Crippen molar-refractivity contribution in [3.8, 4) is 0 Å². The number of rotatable bonds is 5. The zero-order valence-corrected chi connectivity index (χ0v) is 7.89. The molecule has 0 aromatic rings. The van der Waals surface area contributed by atoms with Crippen LogP contribution in [0, 0.1) is 0 Å². The SMILES string of the molecule is CCCCSCC1O[C-]=NC1=O. The number of carbonyl (C=O) groups is 1. The molecule has 0 bridgehead atoms. The van der Waals surface area contributed by atoms with Gasteiger partial charge in [0.25, 0.3) is 0 Å². The lowest BCUT2D eigenvalue weighted by atomic mass is 10.4. The second-order valence-electron chi connectivity index (χ2n) is 2.58. The molecule has 0 spiro atoms. The van der Waals surface area contributed by atoms with Crippen molar-refractivity contribution in [1.82, 2.24) is 0 Å². The van der Waals surface area contributed by atoms with Crippen LogP contribution >= 0.6 is 11.8 Å². The second-order valence-corrected chi connectivity index (χ2v) is 3.73. The molecule has 3 nitrogen and oxygen atoms in total. The maximum absolute atomic E-state index is 10.9. The highest BCUT2D eigenvalue weighted by atomic mass is 32.2. The van der Waals surface area contributed by atoms with E-state index in [1.54, 1.807) is 11.8 Å². The Morgan fingerprint density at radius 2 is 2.58 bits per heavy atom. The van der Waals surface area contributed by atoms with Crippen LogP contribution in [0.15, 0.2) is 4.99 Å². The van der Waals surface area contributed by atoms with Crippen LogP contribution in [0.3, 0.4) is 0 Å². The summed E-state index contributed by atoms with van der Waals surface area (Å²) in [7, 11) is 0. The van der Waals surface area contributed by atoms with Crippen LogP contribution < -0.4 is 0 Å². The van der Waals surface area contributed by atoms with Gasteiger partial charge in [0, 0.05) is 12.2 Å². The molecule has 0 fully saturated rings. The number of aliphatic imine (C=N–C) groups is 1. The first-order valence-corrected chi connectivity index (χ1v) is 5.23. The van der Waals surface area contributed by atoms with Crippen molar-refractivity contribution in [2.24, 2.45) is 4.99 Å². The standard InChI is InChI=1S/C8H12NO2S/c1-2-3-4-12-5-7-8(10)9-6-11-7/h7H,2-5H2,1H3/q-1. The summed E-state index contributed by atoms with van der Waals surface area (Å²) in [5.74, 6) is 1.60. The molecular formula is C8H12NO2S-. The van der Waals surface area contributed by atoms with E-state index in [4.69, 9.17) is 4.74 Å². The maximum Gasteiger partial charge on any atom is 0.128 e. The first kappa shape index (κ1) is 9.58. The summed E-state index contributed by atoms with van der Waals surface area (Å²) in [4.78, 5) is 14.3. The van der Waals surface area contributed by atoms with Crippen molar-refractivity contribution < 1.29 is 9.53 Å². The van der Waals surface area contributed by atoms with Crippen molar-refractivity contribution in [3.05, 3.63) is 0 Å². The smallest absolute Gasteiger partial charge is 0.128 e. The molecule has 0 N–H and O–H groups in total. The summed E-state index contributed by atoms with van der Waals surface area (Å²) in [6.45, 7) is 2.15. The van der Waals surface area contributed by atoms with Gasteiger partial charge >= 0.3 is 0 Å². The summed E-state index contributed by atoms with van der Waals surface area (Å²) in [6, 6.07) is 0. The Bertz CT molecular complexity index is 182. The van der Waals surface area contributed by atoms with E-state index in [0.717, 1.165) is 5.75 Å². The van der Waals surface area contributed by atoms with Crippen LogP contribution in [0.25, 0.3) is 0 Å². The second kappa shape index (κ2) is 5.19. The minimum atomic E-state index is -0.369. The topological polar surface area (TPSA) is 38.7 Å². The summed E-state index contributed by atoms with van der Waals surface area (Å²) in [5, 5.41) is 0. The first-order chi connectivity index (χ1) is 5.84. The Balaban J connectivity index is 2.04. The van der Waals surface area contributed by atoms with E-state index in [2.05, 4.69) is 18.3 Å². The van der Waals surface area contributed by atoms with Crippen LogP contribution in [-0.4, -0.2) is 29.9 Å². The van der Waals surface area contributed by atoms with Gasteiger partial charge in [-0.3, -0.25) is 0 Å². The van der Waals surface area contributed by atoms with Crippen LogP contribution in [-0.2, 0) is 9.53 Å². The van der Waals surface area contributed by atoms with Crippen molar-refractivity contribution in [3.63, 3.8) is 0 Å².